The Bertz CT molecular complexity index is 71.5. The van der Waals surface area contributed by atoms with Crippen molar-refractivity contribution in [3.8, 4) is 0 Å². The molecule has 0 fully saturated rings. The van der Waals surface area contributed by atoms with E-state index < -0.39 is 18.5 Å². The molecule has 4 N–H and O–H groups in total. The fourth-order valence-corrected chi connectivity index (χ4v) is 0.525. The highest BCUT2D eigenvalue weighted by molar-refractivity contribution is 4.61. The maximum atomic E-state index is 8.43. The quantitative estimate of drug-likeness (QED) is 0.361. The number of hydrogen-bond acceptors (Lipinski definition) is 4. The highest BCUT2D eigenvalue weighted by Crippen LogP contribution is 2.13. The number of aliphatic hydroxyl groups excluding tert-OH is 1. The van der Waals surface area contributed by atoms with Gasteiger partial charge in [0.15, 0.2) is 0 Å². The van der Waals surface area contributed by atoms with Gasteiger partial charge in [0, 0.05) is 0 Å². The first-order chi connectivity index (χ1) is 4.02. The summed E-state index contributed by atoms with van der Waals surface area (Å²) >= 11 is 0. The van der Waals surface area contributed by atoms with E-state index in [0.29, 0.717) is 6.42 Å². The van der Waals surface area contributed by atoms with Crippen LogP contribution in [0.1, 0.15) is 13.3 Å². The minimum Gasteiger partial charge on any atom is -0.396 e. The number of rotatable bonds is 3. The third kappa shape index (κ3) is 2.76. The lowest BCUT2D eigenvalue weighted by atomic mass is 10.1. The molecule has 0 radical (unpaired) electrons. The van der Waals surface area contributed by atoms with E-state index in [9.17, 15) is 0 Å². The summed E-state index contributed by atoms with van der Waals surface area (Å²) in [7, 11) is 0. The van der Waals surface area contributed by atoms with Gasteiger partial charge in [-0.3, -0.25) is 0 Å². The summed E-state index contributed by atoms with van der Waals surface area (Å²) in [6.07, 6.45) is 0.319. The molecular weight excluding hydrogens is 124 g/mol. The van der Waals surface area contributed by atoms with E-state index in [1.165, 1.54) is 0 Å². The molecular formula is C5H12O4. The lowest BCUT2D eigenvalue weighted by molar-refractivity contribution is -0.345. The Morgan fingerprint density at radius 2 is 1.78 bits per heavy atom. The Hall–Kier alpha value is -0.160. The Morgan fingerprint density at radius 1 is 1.33 bits per heavy atom. The van der Waals surface area contributed by atoms with Gasteiger partial charge in [-0.05, 0) is 6.42 Å². The van der Waals surface area contributed by atoms with Crippen molar-refractivity contribution >= 4 is 0 Å². The Labute approximate surface area is 53.4 Å². The van der Waals surface area contributed by atoms with Crippen molar-refractivity contribution in [2.45, 2.75) is 19.3 Å². The zero-order valence-electron chi connectivity index (χ0n) is 5.28. The SMILES string of the molecule is CCC(CO)C(O)(O)O. The lowest BCUT2D eigenvalue weighted by Gasteiger charge is -2.22. The van der Waals surface area contributed by atoms with E-state index in [0.717, 1.165) is 0 Å². The van der Waals surface area contributed by atoms with Gasteiger partial charge in [-0.15, -0.1) is 0 Å². The first-order valence-electron chi connectivity index (χ1n) is 2.80. The normalized spacial score (nSPS) is 15.7. The molecule has 9 heavy (non-hydrogen) atoms. The first kappa shape index (κ1) is 8.84. The van der Waals surface area contributed by atoms with Crippen LogP contribution in [-0.2, 0) is 0 Å². The van der Waals surface area contributed by atoms with Gasteiger partial charge < -0.3 is 20.4 Å². The smallest absolute Gasteiger partial charge is 0.280 e. The third-order valence-electron chi connectivity index (χ3n) is 1.26. The number of aliphatic hydroxyl groups is 4. The zero-order valence-corrected chi connectivity index (χ0v) is 5.28. The van der Waals surface area contributed by atoms with E-state index in [1.807, 2.05) is 0 Å². The minimum atomic E-state index is -2.73. The molecule has 4 heteroatoms. The molecule has 0 saturated heterocycles. The van der Waals surface area contributed by atoms with Crippen molar-refractivity contribution in [3.05, 3.63) is 0 Å². The largest absolute Gasteiger partial charge is 0.396 e. The van der Waals surface area contributed by atoms with Gasteiger partial charge in [0.25, 0.3) is 5.97 Å². The molecule has 0 bridgehead atoms. The third-order valence-corrected chi connectivity index (χ3v) is 1.26. The maximum absolute atomic E-state index is 8.43. The van der Waals surface area contributed by atoms with Crippen molar-refractivity contribution in [1.82, 2.24) is 0 Å². The average molecular weight is 136 g/mol. The fraction of sp³-hybridized carbons (Fsp3) is 1.00. The molecule has 0 rings (SSSR count). The Balaban J connectivity index is 3.79. The van der Waals surface area contributed by atoms with Crippen LogP contribution in [0.25, 0.3) is 0 Å². The van der Waals surface area contributed by atoms with E-state index in [2.05, 4.69) is 0 Å². The topological polar surface area (TPSA) is 80.9 Å². The Kier molecular flexibility index (Phi) is 3.07. The molecule has 0 aliphatic rings. The minimum absolute atomic E-state index is 0.319. The van der Waals surface area contributed by atoms with Crippen LogP contribution < -0.4 is 0 Å². The highest BCUT2D eigenvalue weighted by Gasteiger charge is 2.29. The van der Waals surface area contributed by atoms with Gasteiger partial charge in [0.05, 0.1) is 12.5 Å². The molecule has 0 saturated carbocycles. The van der Waals surface area contributed by atoms with Crippen molar-refractivity contribution in [1.29, 1.82) is 0 Å². The van der Waals surface area contributed by atoms with Crippen molar-refractivity contribution in [2.75, 3.05) is 6.61 Å². The van der Waals surface area contributed by atoms with Crippen LogP contribution >= 0.6 is 0 Å². The van der Waals surface area contributed by atoms with Gasteiger partial charge in [-0.1, -0.05) is 6.92 Å². The summed E-state index contributed by atoms with van der Waals surface area (Å²) < 4.78 is 0. The zero-order chi connectivity index (χ0) is 7.49. The van der Waals surface area contributed by atoms with E-state index >= 15 is 0 Å². The molecule has 0 amide bonds. The van der Waals surface area contributed by atoms with Crippen LogP contribution in [0.5, 0.6) is 0 Å². The van der Waals surface area contributed by atoms with Crippen molar-refractivity contribution < 1.29 is 20.4 Å². The summed E-state index contributed by atoms with van der Waals surface area (Å²) in [5.41, 5.74) is 0. The highest BCUT2D eigenvalue weighted by atomic mass is 16.7. The Morgan fingerprint density at radius 3 is 1.78 bits per heavy atom. The molecule has 0 aliphatic heterocycles. The maximum Gasteiger partial charge on any atom is 0.280 e. The van der Waals surface area contributed by atoms with Crippen LogP contribution in [0.4, 0.5) is 0 Å². The van der Waals surface area contributed by atoms with Gasteiger partial charge in [-0.25, -0.2) is 0 Å². The second-order valence-electron chi connectivity index (χ2n) is 1.98. The molecule has 0 aromatic carbocycles. The molecule has 0 heterocycles. The van der Waals surface area contributed by atoms with Crippen molar-refractivity contribution in [3.63, 3.8) is 0 Å². The summed E-state index contributed by atoms with van der Waals surface area (Å²) in [5.74, 6) is -3.61. The molecule has 1 unspecified atom stereocenters. The van der Waals surface area contributed by atoms with Crippen LogP contribution in [-0.4, -0.2) is 33.0 Å². The second kappa shape index (κ2) is 3.12. The lowest BCUT2D eigenvalue weighted by Crippen LogP contribution is -2.38. The monoisotopic (exact) mass is 136 g/mol. The molecule has 56 valence electrons. The van der Waals surface area contributed by atoms with Crippen molar-refractivity contribution in [2.24, 2.45) is 5.92 Å². The summed E-state index contributed by atoms with van der Waals surface area (Å²) in [5, 5.41) is 33.7. The number of hydrogen-bond donors (Lipinski definition) is 4. The second-order valence-corrected chi connectivity index (χ2v) is 1.98. The standard InChI is InChI=1S/C5H12O4/c1-2-4(3-6)5(7,8)9/h4,6-9H,2-3H2,1H3. The predicted octanol–water partition coefficient (Wildman–Crippen LogP) is -1.36. The molecule has 0 spiro atoms. The van der Waals surface area contributed by atoms with Crippen LogP contribution in [0.2, 0.25) is 0 Å². The molecule has 1 atom stereocenters. The first-order valence-corrected chi connectivity index (χ1v) is 2.80. The molecule has 0 aromatic heterocycles. The van der Waals surface area contributed by atoms with Gasteiger partial charge in [0.2, 0.25) is 0 Å². The summed E-state index contributed by atoms with van der Waals surface area (Å²) in [4.78, 5) is 0. The predicted molar refractivity (Wildman–Crippen MR) is 30.3 cm³/mol. The molecule has 4 nitrogen and oxygen atoms in total. The van der Waals surface area contributed by atoms with Gasteiger partial charge in [0.1, 0.15) is 0 Å². The summed E-state index contributed by atoms with van der Waals surface area (Å²) in [6.45, 7) is 1.21. The van der Waals surface area contributed by atoms with Gasteiger partial charge in [-0.2, -0.15) is 0 Å². The average Bonchev–Trinajstić information content (AvgIpc) is 1.65. The van der Waals surface area contributed by atoms with Crippen LogP contribution in [0, 0.1) is 5.92 Å². The van der Waals surface area contributed by atoms with E-state index in [1.54, 1.807) is 6.92 Å². The van der Waals surface area contributed by atoms with Crippen LogP contribution in [0.15, 0.2) is 0 Å². The van der Waals surface area contributed by atoms with E-state index in [4.69, 9.17) is 20.4 Å². The molecule has 0 aliphatic carbocycles. The van der Waals surface area contributed by atoms with Crippen LogP contribution in [0.3, 0.4) is 0 Å². The molecule has 0 aromatic rings. The fourth-order valence-electron chi connectivity index (χ4n) is 0.525. The van der Waals surface area contributed by atoms with E-state index in [-0.39, 0.29) is 0 Å². The van der Waals surface area contributed by atoms with Gasteiger partial charge >= 0.3 is 0 Å². The summed E-state index contributed by atoms with van der Waals surface area (Å²) in [6, 6.07) is 0.